The molecule has 0 radical (unpaired) electrons. The average molecular weight is 183 g/mol. The highest BCUT2D eigenvalue weighted by Gasteiger charge is 2.07. The molecular weight excluding hydrogens is 174 g/mol. The van der Waals surface area contributed by atoms with Crippen LogP contribution in [0.15, 0.2) is 42.9 Å². The topological polar surface area (TPSA) is 39.9 Å². The van der Waals surface area contributed by atoms with E-state index in [1.165, 1.54) is 0 Å². The number of nitriles is 1. The summed E-state index contributed by atoms with van der Waals surface area (Å²) in [5.41, 5.74) is 1.51. The summed E-state index contributed by atoms with van der Waals surface area (Å²) in [5.74, 6) is 0. The SMILES string of the molecule is N#Cc1cnccc1N1C=CC=CC1. The largest absolute Gasteiger partial charge is 0.343 e. The Bertz CT molecular complexity index is 426. The minimum Gasteiger partial charge on any atom is -0.343 e. The van der Waals surface area contributed by atoms with E-state index in [1.54, 1.807) is 12.4 Å². The maximum absolute atomic E-state index is 8.89. The number of hydrogen-bond donors (Lipinski definition) is 0. The second-order valence-electron chi connectivity index (χ2n) is 2.93. The van der Waals surface area contributed by atoms with Crippen LogP contribution in [-0.4, -0.2) is 11.5 Å². The van der Waals surface area contributed by atoms with Gasteiger partial charge in [0, 0.05) is 25.1 Å². The van der Waals surface area contributed by atoms with Crippen LogP contribution >= 0.6 is 0 Å². The number of aromatic nitrogens is 1. The normalized spacial score (nSPS) is 14.1. The van der Waals surface area contributed by atoms with Crippen molar-refractivity contribution >= 4 is 5.69 Å². The van der Waals surface area contributed by atoms with E-state index >= 15 is 0 Å². The Kier molecular flexibility index (Phi) is 2.28. The summed E-state index contributed by atoms with van der Waals surface area (Å²) in [6.07, 6.45) is 11.2. The van der Waals surface area contributed by atoms with Gasteiger partial charge in [-0.05, 0) is 12.1 Å². The van der Waals surface area contributed by atoms with E-state index in [4.69, 9.17) is 5.26 Å². The van der Waals surface area contributed by atoms with Gasteiger partial charge in [0.05, 0.1) is 11.3 Å². The Morgan fingerprint density at radius 1 is 1.43 bits per heavy atom. The van der Waals surface area contributed by atoms with Crippen molar-refractivity contribution in [2.24, 2.45) is 0 Å². The highest BCUT2D eigenvalue weighted by atomic mass is 15.1. The first-order valence-electron chi connectivity index (χ1n) is 4.36. The first kappa shape index (κ1) is 8.52. The van der Waals surface area contributed by atoms with Crippen LogP contribution in [0.5, 0.6) is 0 Å². The van der Waals surface area contributed by atoms with Crippen LogP contribution in [0, 0.1) is 11.3 Å². The number of nitrogens with zero attached hydrogens (tertiary/aromatic N) is 3. The molecule has 0 atom stereocenters. The lowest BCUT2D eigenvalue weighted by molar-refractivity contribution is 1.06. The van der Waals surface area contributed by atoms with Crippen molar-refractivity contribution in [2.45, 2.75) is 0 Å². The summed E-state index contributed by atoms with van der Waals surface area (Å²) in [5, 5.41) is 8.89. The Labute approximate surface area is 82.6 Å². The van der Waals surface area contributed by atoms with Crippen LogP contribution < -0.4 is 4.90 Å². The lowest BCUT2D eigenvalue weighted by atomic mass is 10.2. The molecule has 0 aliphatic carbocycles. The first-order chi connectivity index (χ1) is 6.92. The fourth-order valence-electron chi connectivity index (χ4n) is 1.37. The zero-order valence-electron chi connectivity index (χ0n) is 7.59. The van der Waals surface area contributed by atoms with E-state index in [2.05, 4.69) is 11.1 Å². The Hall–Kier alpha value is -2.08. The molecule has 0 fully saturated rings. The molecule has 68 valence electrons. The number of allylic oxidation sites excluding steroid dienone is 2. The number of pyridine rings is 1. The minimum absolute atomic E-state index is 0.604. The Morgan fingerprint density at radius 3 is 3.07 bits per heavy atom. The number of rotatable bonds is 1. The number of hydrogen-bond acceptors (Lipinski definition) is 3. The third-order valence-electron chi connectivity index (χ3n) is 2.04. The van der Waals surface area contributed by atoms with Gasteiger partial charge in [0.1, 0.15) is 6.07 Å². The lowest BCUT2D eigenvalue weighted by Crippen LogP contribution is -2.18. The zero-order valence-corrected chi connectivity index (χ0v) is 7.59. The fourth-order valence-corrected chi connectivity index (χ4v) is 1.37. The zero-order chi connectivity index (χ0) is 9.80. The molecule has 0 saturated carbocycles. The van der Waals surface area contributed by atoms with Crippen molar-refractivity contribution in [3.05, 3.63) is 48.5 Å². The quantitative estimate of drug-likeness (QED) is 0.667. The molecular formula is C11H9N3. The smallest absolute Gasteiger partial charge is 0.103 e. The molecule has 3 heteroatoms. The molecule has 2 rings (SSSR count). The van der Waals surface area contributed by atoms with Crippen LogP contribution in [0.3, 0.4) is 0 Å². The van der Waals surface area contributed by atoms with Crippen LogP contribution in [0.2, 0.25) is 0 Å². The second-order valence-corrected chi connectivity index (χ2v) is 2.93. The highest BCUT2D eigenvalue weighted by Crippen LogP contribution is 2.19. The Morgan fingerprint density at radius 2 is 2.36 bits per heavy atom. The van der Waals surface area contributed by atoms with E-state index in [9.17, 15) is 0 Å². The standard InChI is InChI=1S/C11H9N3/c12-8-10-9-13-5-4-11(10)14-6-2-1-3-7-14/h1-6,9H,7H2. The minimum atomic E-state index is 0.604. The third kappa shape index (κ3) is 1.50. The molecule has 14 heavy (non-hydrogen) atoms. The first-order valence-corrected chi connectivity index (χ1v) is 4.36. The van der Waals surface area contributed by atoms with Gasteiger partial charge in [-0.15, -0.1) is 0 Å². The summed E-state index contributed by atoms with van der Waals surface area (Å²) in [6.45, 7) is 0.801. The van der Waals surface area contributed by atoms with Gasteiger partial charge < -0.3 is 4.90 Å². The van der Waals surface area contributed by atoms with E-state index < -0.39 is 0 Å². The molecule has 3 nitrogen and oxygen atoms in total. The van der Waals surface area contributed by atoms with Gasteiger partial charge in [-0.2, -0.15) is 5.26 Å². The summed E-state index contributed by atoms with van der Waals surface area (Å²) in [7, 11) is 0. The van der Waals surface area contributed by atoms with E-state index in [0.29, 0.717) is 5.56 Å². The summed E-state index contributed by atoms with van der Waals surface area (Å²) in [4.78, 5) is 5.93. The Balaban J connectivity index is 2.37. The van der Waals surface area contributed by atoms with Gasteiger partial charge in [-0.3, -0.25) is 4.98 Å². The van der Waals surface area contributed by atoms with Gasteiger partial charge in [-0.1, -0.05) is 12.2 Å². The van der Waals surface area contributed by atoms with Crippen molar-refractivity contribution in [1.29, 1.82) is 5.26 Å². The molecule has 0 bridgehead atoms. The van der Waals surface area contributed by atoms with Gasteiger partial charge >= 0.3 is 0 Å². The second kappa shape index (κ2) is 3.75. The van der Waals surface area contributed by atoms with E-state index in [-0.39, 0.29) is 0 Å². The van der Waals surface area contributed by atoms with E-state index in [1.807, 2.05) is 35.4 Å². The van der Waals surface area contributed by atoms with Crippen molar-refractivity contribution in [1.82, 2.24) is 4.98 Å². The maximum Gasteiger partial charge on any atom is 0.103 e. The highest BCUT2D eigenvalue weighted by molar-refractivity contribution is 5.60. The predicted molar refractivity (Wildman–Crippen MR) is 54.6 cm³/mol. The van der Waals surface area contributed by atoms with Crippen LogP contribution in [0.25, 0.3) is 0 Å². The summed E-state index contributed by atoms with van der Waals surface area (Å²) < 4.78 is 0. The molecule has 0 aromatic carbocycles. The average Bonchev–Trinajstić information content (AvgIpc) is 2.30. The monoisotopic (exact) mass is 183 g/mol. The molecule has 0 spiro atoms. The molecule has 0 saturated heterocycles. The van der Waals surface area contributed by atoms with Crippen LogP contribution in [-0.2, 0) is 0 Å². The molecule has 1 aliphatic rings. The lowest BCUT2D eigenvalue weighted by Gasteiger charge is -2.21. The molecule has 1 aromatic rings. The molecule has 1 aromatic heterocycles. The van der Waals surface area contributed by atoms with E-state index in [0.717, 1.165) is 12.2 Å². The molecule has 0 amide bonds. The van der Waals surface area contributed by atoms with Crippen molar-refractivity contribution in [3.8, 4) is 6.07 Å². The van der Waals surface area contributed by atoms with Crippen molar-refractivity contribution in [3.63, 3.8) is 0 Å². The maximum atomic E-state index is 8.89. The fraction of sp³-hybridized carbons (Fsp3) is 0.0909. The van der Waals surface area contributed by atoms with Gasteiger partial charge in [0.25, 0.3) is 0 Å². The molecule has 2 heterocycles. The predicted octanol–water partition coefficient (Wildman–Crippen LogP) is 1.84. The third-order valence-corrected chi connectivity index (χ3v) is 2.04. The summed E-state index contributed by atoms with van der Waals surface area (Å²) >= 11 is 0. The van der Waals surface area contributed by atoms with Crippen molar-refractivity contribution < 1.29 is 0 Å². The van der Waals surface area contributed by atoms with Gasteiger partial charge in [0.15, 0.2) is 0 Å². The number of anilines is 1. The molecule has 0 unspecified atom stereocenters. The van der Waals surface area contributed by atoms with Gasteiger partial charge in [-0.25, -0.2) is 0 Å². The summed E-state index contributed by atoms with van der Waals surface area (Å²) in [6, 6.07) is 3.98. The van der Waals surface area contributed by atoms with Gasteiger partial charge in [0.2, 0.25) is 0 Å². The molecule has 0 N–H and O–H groups in total. The van der Waals surface area contributed by atoms with Crippen LogP contribution in [0.4, 0.5) is 5.69 Å². The molecule has 1 aliphatic heterocycles. The van der Waals surface area contributed by atoms with Crippen LogP contribution in [0.1, 0.15) is 5.56 Å². The van der Waals surface area contributed by atoms with Crippen molar-refractivity contribution in [2.75, 3.05) is 11.4 Å².